The van der Waals surface area contributed by atoms with Crippen LogP contribution in [0.2, 0.25) is 0 Å². The van der Waals surface area contributed by atoms with Crippen molar-refractivity contribution in [1.29, 1.82) is 0 Å². The molecule has 3 nitrogen and oxygen atoms in total. The monoisotopic (exact) mass is 154 g/mol. The van der Waals surface area contributed by atoms with E-state index in [1.165, 1.54) is 0 Å². The van der Waals surface area contributed by atoms with Gasteiger partial charge in [-0.1, -0.05) is 0 Å². The molecule has 0 saturated carbocycles. The molecule has 3 heteroatoms. The fraction of sp³-hybridized carbons (Fsp3) is 0.625. The van der Waals surface area contributed by atoms with Gasteiger partial charge in [0.25, 0.3) is 0 Å². The minimum atomic E-state index is 0.277. The second kappa shape index (κ2) is 4.13. The Kier molecular flexibility index (Phi) is 3.11. The van der Waals surface area contributed by atoms with Crippen LogP contribution in [-0.4, -0.2) is 21.3 Å². The van der Waals surface area contributed by atoms with E-state index >= 15 is 0 Å². The number of hydrogen-bond donors (Lipinski definition) is 1. The third-order valence-electron chi connectivity index (χ3n) is 1.81. The Labute approximate surface area is 66.7 Å². The second-order valence-corrected chi connectivity index (χ2v) is 2.72. The first-order valence-electron chi connectivity index (χ1n) is 3.93. The molecule has 0 amide bonds. The van der Waals surface area contributed by atoms with E-state index in [1.807, 2.05) is 12.5 Å². The molecule has 0 radical (unpaired) electrons. The minimum Gasteiger partial charge on any atom is -0.396 e. The van der Waals surface area contributed by atoms with Gasteiger partial charge < -0.3 is 9.67 Å². The Morgan fingerprint density at radius 2 is 2.45 bits per heavy atom. The molecule has 1 atom stereocenters. The summed E-state index contributed by atoms with van der Waals surface area (Å²) in [5.74, 6) is 0. The van der Waals surface area contributed by atoms with Crippen molar-refractivity contribution in [2.75, 3.05) is 6.61 Å². The minimum absolute atomic E-state index is 0.277. The third kappa shape index (κ3) is 2.35. The largest absolute Gasteiger partial charge is 0.396 e. The van der Waals surface area contributed by atoms with Gasteiger partial charge in [-0.15, -0.1) is 0 Å². The number of aliphatic hydroxyl groups excluding tert-OH is 1. The van der Waals surface area contributed by atoms with E-state index in [0.717, 1.165) is 12.8 Å². The van der Waals surface area contributed by atoms with E-state index in [-0.39, 0.29) is 6.61 Å². The second-order valence-electron chi connectivity index (χ2n) is 2.72. The summed E-state index contributed by atoms with van der Waals surface area (Å²) in [5, 5.41) is 8.59. The topological polar surface area (TPSA) is 38.0 Å². The smallest absolute Gasteiger partial charge is 0.0948 e. The molecule has 1 heterocycles. The zero-order chi connectivity index (χ0) is 8.10. The van der Waals surface area contributed by atoms with Gasteiger partial charge in [0.15, 0.2) is 0 Å². The molecular weight excluding hydrogens is 140 g/mol. The van der Waals surface area contributed by atoms with Crippen LogP contribution in [0.4, 0.5) is 0 Å². The maximum atomic E-state index is 8.59. The van der Waals surface area contributed by atoms with Crippen LogP contribution in [-0.2, 0) is 0 Å². The van der Waals surface area contributed by atoms with E-state index in [1.54, 1.807) is 6.20 Å². The average molecular weight is 154 g/mol. The zero-order valence-corrected chi connectivity index (χ0v) is 6.77. The first-order valence-corrected chi connectivity index (χ1v) is 3.93. The number of aliphatic hydroxyl groups is 1. The van der Waals surface area contributed by atoms with Crippen molar-refractivity contribution >= 4 is 0 Å². The lowest BCUT2D eigenvalue weighted by molar-refractivity contribution is 0.273. The first-order chi connectivity index (χ1) is 5.34. The molecule has 1 rings (SSSR count). The highest BCUT2D eigenvalue weighted by Gasteiger charge is 2.01. The fourth-order valence-corrected chi connectivity index (χ4v) is 1.07. The van der Waals surface area contributed by atoms with E-state index < -0.39 is 0 Å². The van der Waals surface area contributed by atoms with Gasteiger partial charge in [0.2, 0.25) is 0 Å². The van der Waals surface area contributed by atoms with Gasteiger partial charge in [0, 0.05) is 25.0 Å². The highest BCUT2D eigenvalue weighted by molar-refractivity contribution is 4.78. The van der Waals surface area contributed by atoms with Gasteiger partial charge in [0.1, 0.15) is 0 Å². The average Bonchev–Trinajstić information content (AvgIpc) is 2.52. The van der Waals surface area contributed by atoms with Gasteiger partial charge in [-0.25, -0.2) is 4.98 Å². The summed E-state index contributed by atoms with van der Waals surface area (Å²) >= 11 is 0. The van der Waals surface area contributed by atoms with Crippen LogP contribution in [0.5, 0.6) is 0 Å². The quantitative estimate of drug-likeness (QED) is 0.708. The van der Waals surface area contributed by atoms with Gasteiger partial charge in [-0.2, -0.15) is 0 Å². The SMILES string of the molecule is CC(CCCO)n1ccnc1. The van der Waals surface area contributed by atoms with Crippen molar-refractivity contribution in [1.82, 2.24) is 9.55 Å². The predicted molar refractivity (Wildman–Crippen MR) is 43.3 cm³/mol. The Morgan fingerprint density at radius 3 is 3.00 bits per heavy atom. The van der Waals surface area contributed by atoms with Crippen LogP contribution in [0.25, 0.3) is 0 Å². The van der Waals surface area contributed by atoms with Gasteiger partial charge in [0.05, 0.1) is 6.33 Å². The lowest BCUT2D eigenvalue weighted by atomic mass is 10.2. The number of nitrogens with zero attached hydrogens (tertiary/aromatic N) is 2. The molecule has 0 aliphatic carbocycles. The van der Waals surface area contributed by atoms with Gasteiger partial charge in [-0.3, -0.25) is 0 Å². The first kappa shape index (κ1) is 8.27. The standard InChI is InChI=1S/C8H14N2O/c1-8(3-2-6-11)10-5-4-9-7-10/h4-5,7-8,11H,2-3,6H2,1H3. The molecule has 0 aromatic carbocycles. The lowest BCUT2D eigenvalue weighted by Crippen LogP contribution is -2.02. The van der Waals surface area contributed by atoms with Crippen molar-refractivity contribution in [3.05, 3.63) is 18.7 Å². The predicted octanol–water partition coefficient (Wildman–Crippen LogP) is 1.22. The molecule has 1 N–H and O–H groups in total. The van der Waals surface area contributed by atoms with Crippen molar-refractivity contribution in [3.8, 4) is 0 Å². The summed E-state index contributed by atoms with van der Waals surface area (Å²) in [5.41, 5.74) is 0. The molecule has 0 aliphatic heterocycles. The van der Waals surface area contributed by atoms with Crippen LogP contribution in [0.3, 0.4) is 0 Å². The molecular formula is C8H14N2O. The molecule has 0 saturated heterocycles. The summed E-state index contributed by atoms with van der Waals surface area (Å²) in [4.78, 5) is 3.95. The fourth-order valence-electron chi connectivity index (χ4n) is 1.07. The van der Waals surface area contributed by atoms with Crippen LogP contribution >= 0.6 is 0 Å². The van der Waals surface area contributed by atoms with Crippen molar-refractivity contribution in [2.45, 2.75) is 25.8 Å². The molecule has 1 aromatic heterocycles. The maximum absolute atomic E-state index is 8.59. The summed E-state index contributed by atoms with van der Waals surface area (Å²) < 4.78 is 2.05. The normalized spacial score (nSPS) is 13.3. The van der Waals surface area contributed by atoms with Gasteiger partial charge in [-0.05, 0) is 19.8 Å². The molecule has 0 bridgehead atoms. The highest BCUT2D eigenvalue weighted by Crippen LogP contribution is 2.10. The molecule has 1 aromatic rings. The van der Waals surface area contributed by atoms with Crippen LogP contribution in [0, 0.1) is 0 Å². The Bertz CT molecular complexity index is 184. The molecule has 11 heavy (non-hydrogen) atoms. The zero-order valence-electron chi connectivity index (χ0n) is 6.77. The number of rotatable bonds is 4. The van der Waals surface area contributed by atoms with Crippen molar-refractivity contribution in [2.24, 2.45) is 0 Å². The molecule has 0 spiro atoms. The molecule has 62 valence electrons. The van der Waals surface area contributed by atoms with Gasteiger partial charge >= 0.3 is 0 Å². The summed E-state index contributed by atoms with van der Waals surface area (Å²) in [6, 6.07) is 0.449. The highest BCUT2D eigenvalue weighted by atomic mass is 16.2. The lowest BCUT2D eigenvalue weighted by Gasteiger charge is -2.10. The van der Waals surface area contributed by atoms with Crippen LogP contribution < -0.4 is 0 Å². The summed E-state index contributed by atoms with van der Waals surface area (Å²) in [7, 11) is 0. The van der Waals surface area contributed by atoms with Crippen LogP contribution in [0.1, 0.15) is 25.8 Å². The Morgan fingerprint density at radius 1 is 1.64 bits per heavy atom. The molecule has 1 unspecified atom stereocenters. The maximum Gasteiger partial charge on any atom is 0.0948 e. The Hall–Kier alpha value is -0.830. The van der Waals surface area contributed by atoms with Crippen molar-refractivity contribution in [3.63, 3.8) is 0 Å². The van der Waals surface area contributed by atoms with E-state index in [0.29, 0.717) is 6.04 Å². The Balaban J connectivity index is 2.36. The number of aromatic nitrogens is 2. The number of hydrogen-bond acceptors (Lipinski definition) is 2. The van der Waals surface area contributed by atoms with E-state index in [2.05, 4.69) is 16.5 Å². The van der Waals surface area contributed by atoms with E-state index in [4.69, 9.17) is 5.11 Å². The van der Waals surface area contributed by atoms with Crippen LogP contribution in [0.15, 0.2) is 18.7 Å². The number of imidazole rings is 1. The molecule has 0 fully saturated rings. The summed E-state index contributed by atoms with van der Waals surface area (Å²) in [6.45, 7) is 2.40. The summed E-state index contributed by atoms with van der Waals surface area (Å²) in [6.07, 6.45) is 7.39. The van der Waals surface area contributed by atoms with E-state index in [9.17, 15) is 0 Å². The third-order valence-corrected chi connectivity index (χ3v) is 1.81. The van der Waals surface area contributed by atoms with Crippen molar-refractivity contribution < 1.29 is 5.11 Å². The molecule has 0 aliphatic rings.